The molecule has 6 heteroatoms. The van der Waals surface area contributed by atoms with Gasteiger partial charge in [0.1, 0.15) is 5.75 Å². The summed E-state index contributed by atoms with van der Waals surface area (Å²) in [5.74, 6) is 0.592. The van der Waals surface area contributed by atoms with Crippen molar-refractivity contribution in [2.45, 2.75) is 6.42 Å². The molecule has 0 aliphatic heterocycles. The highest BCUT2D eigenvalue weighted by Gasteiger charge is 2.04. The summed E-state index contributed by atoms with van der Waals surface area (Å²) in [5, 5.41) is 4.07. The monoisotopic (exact) mass is 411 g/mol. The van der Waals surface area contributed by atoms with Gasteiger partial charge in [-0.2, -0.15) is 5.10 Å². The van der Waals surface area contributed by atoms with Crippen LogP contribution in [0.3, 0.4) is 0 Å². The SMILES string of the molecule is COc1ccc(CC(=O)N/N=C/c2cccn2-c2ccc(Br)cc2)cc1. The second-order valence-electron chi connectivity index (χ2n) is 5.60. The molecule has 3 rings (SSSR count). The van der Waals surface area contributed by atoms with Crippen LogP contribution in [0.15, 0.2) is 76.4 Å². The van der Waals surface area contributed by atoms with Crippen LogP contribution in [0.4, 0.5) is 0 Å². The molecule has 5 nitrogen and oxygen atoms in total. The smallest absolute Gasteiger partial charge is 0.244 e. The molecule has 2 aromatic carbocycles. The van der Waals surface area contributed by atoms with Crippen LogP contribution in [-0.4, -0.2) is 23.8 Å². The highest BCUT2D eigenvalue weighted by molar-refractivity contribution is 9.10. The van der Waals surface area contributed by atoms with Crippen LogP contribution in [0, 0.1) is 0 Å². The van der Waals surface area contributed by atoms with E-state index < -0.39 is 0 Å². The zero-order chi connectivity index (χ0) is 18.4. The molecule has 1 N–H and O–H groups in total. The van der Waals surface area contributed by atoms with E-state index in [2.05, 4.69) is 26.5 Å². The van der Waals surface area contributed by atoms with Gasteiger partial charge >= 0.3 is 0 Å². The van der Waals surface area contributed by atoms with Crippen LogP contribution in [0.5, 0.6) is 5.75 Å². The number of carbonyl (C=O) groups is 1. The van der Waals surface area contributed by atoms with Crippen LogP contribution in [0.2, 0.25) is 0 Å². The number of hydrazone groups is 1. The van der Waals surface area contributed by atoms with E-state index in [1.165, 1.54) is 0 Å². The Labute approximate surface area is 160 Å². The van der Waals surface area contributed by atoms with Gasteiger partial charge in [0.2, 0.25) is 5.91 Å². The number of ether oxygens (including phenoxy) is 1. The number of nitrogens with zero attached hydrogens (tertiary/aromatic N) is 2. The molecule has 26 heavy (non-hydrogen) atoms. The number of hydrogen-bond acceptors (Lipinski definition) is 3. The Morgan fingerprint density at radius 2 is 1.88 bits per heavy atom. The number of methoxy groups -OCH3 is 1. The molecular weight excluding hydrogens is 394 g/mol. The molecule has 0 aliphatic rings. The molecule has 1 aromatic heterocycles. The Morgan fingerprint density at radius 3 is 2.58 bits per heavy atom. The van der Waals surface area contributed by atoms with Crippen molar-refractivity contribution in [2.24, 2.45) is 5.10 Å². The zero-order valence-corrected chi connectivity index (χ0v) is 15.8. The van der Waals surface area contributed by atoms with Crippen molar-refractivity contribution in [3.8, 4) is 11.4 Å². The number of aromatic nitrogens is 1. The quantitative estimate of drug-likeness (QED) is 0.493. The molecule has 0 unspecified atom stereocenters. The van der Waals surface area contributed by atoms with E-state index in [1.54, 1.807) is 13.3 Å². The Hall–Kier alpha value is -2.86. The van der Waals surface area contributed by atoms with Crippen molar-refractivity contribution in [1.82, 2.24) is 9.99 Å². The average Bonchev–Trinajstić information content (AvgIpc) is 3.11. The van der Waals surface area contributed by atoms with E-state index in [-0.39, 0.29) is 12.3 Å². The molecule has 0 atom stereocenters. The first-order valence-corrected chi connectivity index (χ1v) is 8.83. The number of halogens is 1. The molecule has 0 radical (unpaired) electrons. The summed E-state index contributed by atoms with van der Waals surface area (Å²) in [5.41, 5.74) is 5.35. The molecule has 0 spiro atoms. The summed E-state index contributed by atoms with van der Waals surface area (Å²) in [4.78, 5) is 12.0. The molecule has 0 saturated heterocycles. The standard InChI is InChI=1S/C20H18BrN3O2/c1-26-19-10-4-15(5-11-19)13-20(25)23-22-14-18-3-2-12-24(18)17-8-6-16(21)7-9-17/h2-12,14H,13H2,1H3,(H,23,25)/b22-14+. The minimum Gasteiger partial charge on any atom is -0.497 e. The number of amides is 1. The fraction of sp³-hybridized carbons (Fsp3) is 0.100. The molecule has 1 amide bonds. The first-order chi connectivity index (χ1) is 12.7. The minimum atomic E-state index is -0.173. The lowest BCUT2D eigenvalue weighted by atomic mass is 10.1. The second-order valence-corrected chi connectivity index (χ2v) is 6.51. The van der Waals surface area contributed by atoms with Gasteiger partial charge in [0.25, 0.3) is 0 Å². The second kappa shape index (κ2) is 8.49. The lowest BCUT2D eigenvalue weighted by Gasteiger charge is -2.06. The summed E-state index contributed by atoms with van der Waals surface area (Å²) in [6.45, 7) is 0. The minimum absolute atomic E-state index is 0.173. The molecule has 132 valence electrons. The third-order valence-electron chi connectivity index (χ3n) is 3.79. The molecule has 0 aliphatic carbocycles. The molecular formula is C20H18BrN3O2. The van der Waals surface area contributed by atoms with Crippen molar-refractivity contribution in [1.29, 1.82) is 0 Å². The van der Waals surface area contributed by atoms with E-state index >= 15 is 0 Å². The van der Waals surface area contributed by atoms with E-state index in [9.17, 15) is 4.79 Å². The van der Waals surface area contributed by atoms with Gasteiger partial charge in [0.15, 0.2) is 0 Å². The van der Waals surface area contributed by atoms with Gasteiger partial charge in [-0.25, -0.2) is 5.43 Å². The van der Waals surface area contributed by atoms with Gasteiger partial charge in [-0.15, -0.1) is 0 Å². The van der Waals surface area contributed by atoms with Gasteiger partial charge in [0, 0.05) is 16.4 Å². The average molecular weight is 412 g/mol. The molecule has 0 fully saturated rings. The first kappa shape index (κ1) is 17.9. The third kappa shape index (κ3) is 4.61. The van der Waals surface area contributed by atoms with E-state index in [0.717, 1.165) is 27.2 Å². The fourth-order valence-electron chi connectivity index (χ4n) is 2.47. The van der Waals surface area contributed by atoms with Gasteiger partial charge in [-0.05, 0) is 54.1 Å². The summed E-state index contributed by atoms with van der Waals surface area (Å²) in [7, 11) is 1.61. The molecule has 3 aromatic rings. The maximum absolute atomic E-state index is 12.0. The number of nitrogens with one attached hydrogen (secondary N) is 1. The van der Waals surface area contributed by atoms with E-state index in [0.29, 0.717) is 0 Å². The van der Waals surface area contributed by atoms with Gasteiger partial charge in [0.05, 0.1) is 25.4 Å². The van der Waals surface area contributed by atoms with Crippen LogP contribution >= 0.6 is 15.9 Å². The summed E-state index contributed by atoms with van der Waals surface area (Å²) in [6.07, 6.45) is 3.84. The Balaban J connectivity index is 1.61. The largest absolute Gasteiger partial charge is 0.497 e. The van der Waals surface area contributed by atoms with Crippen molar-refractivity contribution in [2.75, 3.05) is 7.11 Å². The van der Waals surface area contributed by atoms with Crippen LogP contribution in [0.25, 0.3) is 5.69 Å². The van der Waals surface area contributed by atoms with Crippen LogP contribution < -0.4 is 10.2 Å². The van der Waals surface area contributed by atoms with Crippen molar-refractivity contribution in [3.63, 3.8) is 0 Å². The maximum atomic E-state index is 12.0. The lowest BCUT2D eigenvalue weighted by molar-refractivity contribution is -0.120. The number of rotatable bonds is 6. The highest BCUT2D eigenvalue weighted by Crippen LogP contribution is 2.16. The third-order valence-corrected chi connectivity index (χ3v) is 4.32. The lowest BCUT2D eigenvalue weighted by Crippen LogP contribution is -2.19. The first-order valence-electron chi connectivity index (χ1n) is 8.04. The molecule has 0 bridgehead atoms. The summed E-state index contributed by atoms with van der Waals surface area (Å²) < 4.78 is 8.12. The number of carbonyl (C=O) groups excluding carboxylic acids is 1. The van der Waals surface area contributed by atoms with E-state index in [1.807, 2.05) is 71.4 Å². The highest BCUT2D eigenvalue weighted by atomic mass is 79.9. The fourth-order valence-corrected chi connectivity index (χ4v) is 2.74. The van der Waals surface area contributed by atoms with Crippen molar-refractivity contribution in [3.05, 3.63) is 82.6 Å². The predicted molar refractivity (Wildman–Crippen MR) is 106 cm³/mol. The van der Waals surface area contributed by atoms with Gasteiger partial charge in [-0.1, -0.05) is 28.1 Å². The topological polar surface area (TPSA) is 55.6 Å². The van der Waals surface area contributed by atoms with E-state index in [4.69, 9.17) is 4.74 Å². The van der Waals surface area contributed by atoms with Gasteiger partial charge in [-0.3, -0.25) is 4.79 Å². The van der Waals surface area contributed by atoms with Crippen LogP contribution in [-0.2, 0) is 11.2 Å². The number of hydrogen-bond donors (Lipinski definition) is 1. The van der Waals surface area contributed by atoms with Gasteiger partial charge < -0.3 is 9.30 Å². The zero-order valence-electron chi connectivity index (χ0n) is 14.2. The predicted octanol–water partition coefficient (Wildman–Crippen LogP) is 3.94. The Morgan fingerprint density at radius 1 is 1.15 bits per heavy atom. The normalized spacial score (nSPS) is 10.8. The van der Waals surface area contributed by atoms with Crippen LogP contribution in [0.1, 0.15) is 11.3 Å². The Kier molecular flexibility index (Phi) is 5.86. The Bertz CT molecular complexity index is 900. The number of benzene rings is 2. The maximum Gasteiger partial charge on any atom is 0.244 e. The van der Waals surface area contributed by atoms with Crippen molar-refractivity contribution < 1.29 is 9.53 Å². The molecule has 0 saturated carbocycles. The molecule has 1 heterocycles. The summed E-state index contributed by atoms with van der Waals surface area (Å²) in [6, 6.07) is 19.2. The van der Waals surface area contributed by atoms with Crippen molar-refractivity contribution >= 4 is 28.1 Å². The summed E-state index contributed by atoms with van der Waals surface area (Å²) >= 11 is 3.43.